The predicted molar refractivity (Wildman–Crippen MR) is 103 cm³/mol. The van der Waals surface area contributed by atoms with E-state index in [4.69, 9.17) is 0 Å². The lowest BCUT2D eigenvalue weighted by atomic mass is 9.55. The second-order valence-corrected chi connectivity index (χ2v) is 8.48. The minimum Gasteiger partial charge on any atom is -0.0569 e. The molecule has 2 fully saturated rings. The van der Waals surface area contributed by atoms with Crippen LogP contribution >= 0.6 is 0 Å². The molecule has 25 heavy (non-hydrogen) atoms. The van der Waals surface area contributed by atoms with Gasteiger partial charge in [-0.05, 0) is 84.0 Å². The van der Waals surface area contributed by atoms with Crippen LogP contribution in [0.4, 0.5) is 0 Å². The van der Waals surface area contributed by atoms with Crippen LogP contribution < -0.4 is 0 Å². The summed E-state index contributed by atoms with van der Waals surface area (Å²) in [5.74, 6) is 1.63. The quantitative estimate of drug-likeness (QED) is 0.574. The average molecular weight is 328 g/mol. The Bertz CT molecular complexity index is 679. The minimum absolute atomic E-state index is 0.260. The largest absolute Gasteiger partial charge is 0.0569 e. The molecule has 2 aromatic carbocycles. The molecule has 0 N–H and O–H groups in total. The SMILES string of the molecule is [c]1ccc2c(c1)-c1c[c]ccc1C2(C1CCCCC1)C1CCCCC1. The van der Waals surface area contributed by atoms with E-state index >= 15 is 0 Å². The highest BCUT2D eigenvalue weighted by molar-refractivity contribution is 5.81. The van der Waals surface area contributed by atoms with Crippen molar-refractivity contribution < 1.29 is 0 Å². The van der Waals surface area contributed by atoms with Gasteiger partial charge in [0, 0.05) is 5.41 Å². The van der Waals surface area contributed by atoms with Crippen molar-refractivity contribution in [1.29, 1.82) is 0 Å². The highest BCUT2D eigenvalue weighted by atomic mass is 14.6. The smallest absolute Gasteiger partial charge is 0.0271 e. The molecule has 0 heterocycles. The van der Waals surface area contributed by atoms with E-state index in [2.05, 4.69) is 48.5 Å². The number of hydrogen-bond acceptors (Lipinski definition) is 0. The molecule has 0 spiro atoms. The summed E-state index contributed by atoms with van der Waals surface area (Å²) in [6.07, 6.45) is 14.2. The Morgan fingerprint density at radius 1 is 0.640 bits per heavy atom. The van der Waals surface area contributed by atoms with Crippen molar-refractivity contribution in [2.45, 2.75) is 69.6 Å². The third kappa shape index (κ3) is 2.26. The molecular weight excluding hydrogens is 300 g/mol. The normalized spacial score (nSPS) is 23.2. The summed E-state index contributed by atoms with van der Waals surface area (Å²) in [6, 6.07) is 20.4. The van der Waals surface area contributed by atoms with Gasteiger partial charge in [0.2, 0.25) is 0 Å². The first-order chi connectivity index (χ1) is 12.4. The van der Waals surface area contributed by atoms with Gasteiger partial charge in [-0.15, -0.1) is 0 Å². The number of benzene rings is 2. The van der Waals surface area contributed by atoms with Gasteiger partial charge in [-0.25, -0.2) is 0 Å². The Morgan fingerprint density at radius 3 is 1.52 bits per heavy atom. The van der Waals surface area contributed by atoms with Crippen molar-refractivity contribution in [3.63, 3.8) is 0 Å². The van der Waals surface area contributed by atoms with E-state index in [1.807, 2.05) is 0 Å². The highest BCUT2D eigenvalue weighted by Crippen LogP contribution is 2.61. The summed E-state index contributed by atoms with van der Waals surface area (Å²) in [5.41, 5.74) is 6.41. The first-order valence-electron chi connectivity index (χ1n) is 10.4. The van der Waals surface area contributed by atoms with Gasteiger partial charge < -0.3 is 0 Å². The van der Waals surface area contributed by atoms with Gasteiger partial charge >= 0.3 is 0 Å². The van der Waals surface area contributed by atoms with Gasteiger partial charge in [-0.2, -0.15) is 0 Å². The van der Waals surface area contributed by atoms with E-state index in [9.17, 15) is 0 Å². The van der Waals surface area contributed by atoms with Crippen molar-refractivity contribution in [3.8, 4) is 11.1 Å². The maximum Gasteiger partial charge on any atom is 0.0271 e. The Labute approximate surface area is 152 Å². The van der Waals surface area contributed by atoms with Gasteiger partial charge in [0.25, 0.3) is 0 Å². The maximum absolute atomic E-state index is 3.36. The summed E-state index contributed by atoms with van der Waals surface area (Å²) < 4.78 is 0. The van der Waals surface area contributed by atoms with Crippen molar-refractivity contribution in [1.82, 2.24) is 0 Å². The third-order valence-electron chi connectivity index (χ3n) is 7.41. The Hall–Kier alpha value is -1.56. The standard InChI is InChI=1S/C25H28/c1-3-11-19(12-4-1)25(20-13-5-2-6-14-20)23-17-9-7-15-21(23)22-16-8-10-18-24(22)25/h9-10,15-20H,1-6,11-14H2. The fourth-order valence-corrected chi connectivity index (χ4v) is 6.50. The second-order valence-electron chi connectivity index (χ2n) is 8.48. The van der Waals surface area contributed by atoms with E-state index < -0.39 is 0 Å². The summed E-state index contributed by atoms with van der Waals surface area (Å²) in [7, 11) is 0. The molecule has 0 unspecified atom stereocenters. The summed E-state index contributed by atoms with van der Waals surface area (Å²) in [5, 5.41) is 0. The van der Waals surface area contributed by atoms with Crippen molar-refractivity contribution >= 4 is 0 Å². The molecule has 128 valence electrons. The lowest BCUT2D eigenvalue weighted by Gasteiger charge is -2.48. The molecular formula is C25H28. The van der Waals surface area contributed by atoms with E-state index in [0.717, 1.165) is 11.8 Å². The Morgan fingerprint density at radius 2 is 1.08 bits per heavy atom. The number of rotatable bonds is 2. The summed E-state index contributed by atoms with van der Waals surface area (Å²) >= 11 is 0. The fraction of sp³-hybridized carbons (Fsp3) is 0.520. The molecule has 2 radical (unpaired) electrons. The first-order valence-corrected chi connectivity index (χ1v) is 10.4. The topological polar surface area (TPSA) is 0 Å². The van der Waals surface area contributed by atoms with Crippen molar-refractivity contribution in [3.05, 3.63) is 59.7 Å². The fourth-order valence-electron chi connectivity index (χ4n) is 6.50. The van der Waals surface area contributed by atoms with Gasteiger partial charge in [0.15, 0.2) is 0 Å². The maximum atomic E-state index is 3.36. The zero-order valence-electron chi connectivity index (χ0n) is 15.2. The molecule has 0 bridgehead atoms. The van der Waals surface area contributed by atoms with Crippen LogP contribution in [0, 0.1) is 24.0 Å². The van der Waals surface area contributed by atoms with Crippen LogP contribution in [0.3, 0.4) is 0 Å². The summed E-state index contributed by atoms with van der Waals surface area (Å²) in [4.78, 5) is 0. The molecule has 0 nitrogen and oxygen atoms in total. The van der Waals surface area contributed by atoms with Gasteiger partial charge in [0.1, 0.15) is 0 Å². The van der Waals surface area contributed by atoms with E-state index in [-0.39, 0.29) is 5.41 Å². The predicted octanol–water partition coefficient (Wildman–Crippen LogP) is 6.71. The van der Waals surface area contributed by atoms with E-state index in [0.29, 0.717) is 0 Å². The second kappa shape index (κ2) is 6.31. The van der Waals surface area contributed by atoms with Crippen LogP contribution in [0.2, 0.25) is 0 Å². The molecule has 0 aliphatic heterocycles. The average Bonchev–Trinajstić information content (AvgIpc) is 3.01. The Balaban J connectivity index is 1.76. The number of fused-ring (bicyclic) bond motifs is 3. The van der Waals surface area contributed by atoms with Crippen LogP contribution in [-0.2, 0) is 5.41 Å². The van der Waals surface area contributed by atoms with E-state index in [1.54, 1.807) is 11.1 Å². The highest BCUT2D eigenvalue weighted by Gasteiger charge is 2.52. The van der Waals surface area contributed by atoms with Crippen molar-refractivity contribution in [2.75, 3.05) is 0 Å². The third-order valence-corrected chi connectivity index (χ3v) is 7.41. The lowest BCUT2D eigenvalue weighted by Crippen LogP contribution is -2.44. The minimum atomic E-state index is 0.260. The Kier molecular flexibility index (Phi) is 3.95. The van der Waals surface area contributed by atoms with Crippen molar-refractivity contribution in [2.24, 2.45) is 11.8 Å². The van der Waals surface area contributed by atoms with Crippen LogP contribution in [-0.4, -0.2) is 0 Å². The molecule has 3 aliphatic carbocycles. The van der Waals surface area contributed by atoms with E-state index in [1.165, 1.54) is 75.3 Å². The van der Waals surface area contributed by atoms with Gasteiger partial charge in [-0.1, -0.05) is 62.8 Å². The van der Waals surface area contributed by atoms with Crippen LogP contribution in [0.1, 0.15) is 75.3 Å². The zero-order valence-corrected chi connectivity index (χ0v) is 15.2. The molecule has 0 aromatic heterocycles. The molecule has 2 aromatic rings. The summed E-state index contributed by atoms with van der Waals surface area (Å²) in [6.45, 7) is 0. The molecule has 5 rings (SSSR count). The van der Waals surface area contributed by atoms with Gasteiger partial charge in [0.05, 0.1) is 0 Å². The monoisotopic (exact) mass is 328 g/mol. The zero-order chi connectivity index (χ0) is 16.7. The molecule has 0 amide bonds. The molecule has 2 saturated carbocycles. The lowest BCUT2D eigenvalue weighted by molar-refractivity contribution is 0.137. The van der Waals surface area contributed by atoms with Gasteiger partial charge in [-0.3, -0.25) is 0 Å². The molecule has 3 aliphatic rings. The molecule has 0 heteroatoms. The van der Waals surface area contributed by atoms with Crippen LogP contribution in [0.25, 0.3) is 11.1 Å². The van der Waals surface area contributed by atoms with Crippen LogP contribution in [0.15, 0.2) is 36.4 Å². The molecule has 0 saturated heterocycles. The van der Waals surface area contributed by atoms with Crippen LogP contribution in [0.5, 0.6) is 0 Å². The first kappa shape index (κ1) is 15.7. The number of hydrogen-bond donors (Lipinski definition) is 0. The molecule has 0 atom stereocenters.